The number of aromatic nitrogens is 2. The minimum Gasteiger partial charge on any atom is -0.507 e. The van der Waals surface area contributed by atoms with Gasteiger partial charge in [-0.3, -0.25) is 5.10 Å². The summed E-state index contributed by atoms with van der Waals surface area (Å²) in [6.07, 6.45) is -8.98. The van der Waals surface area contributed by atoms with Crippen molar-refractivity contribution in [2.45, 2.75) is 12.4 Å². The molecule has 0 unspecified atom stereocenters. The number of nitrogens with zero attached hydrogens (tertiary/aromatic N) is 1. The number of hydrogen-bond donors (Lipinski definition) is 2. The van der Waals surface area contributed by atoms with Crippen LogP contribution in [0.15, 0.2) is 24.5 Å². The van der Waals surface area contributed by atoms with E-state index in [2.05, 4.69) is 19.7 Å². The monoisotopic (exact) mass is 384 g/mol. The summed E-state index contributed by atoms with van der Waals surface area (Å²) in [6, 6.07) is 1.26. The molecule has 2 N–H and O–H groups in total. The number of esters is 2. The van der Waals surface area contributed by atoms with E-state index in [-0.39, 0.29) is 5.56 Å². The molecule has 1 aromatic heterocycles. The van der Waals surface area contributed by atoms with Crippen molar-refractivity contribution in [2.24, 2.45) is 0 Å². The van der Waals surface area contributed by atoms with Crippen molar-refractivity contribution >= 4 is 11.9 Å². The van der Waals surface area contributed by atoms with Crippen molar-refractivity contribution < 1.29 is 50.5 Å². The quantitative estimate of drug-likeness (QED) is 0.479. The van der Waals surface area contributed by atoms with Crippen molar-refractivity contribution in [1.82, 2.24) is 10.2 Å². The molecule has 1 aromatic carbocycles. The molecule has 0 spiro atoms. The van der Waals surface area contributed by atoms with E-state index in [1.165, 1.54) is 0 Å². The van der Waals surface area contributed by atoms with E-state index < -0.39 is 47.1 Å². The smallest absolute Gasteiger partial charge is 0.491 e. The van der Waals surface area contributed by atoms with E-state index in [1.807, 2.05) is 0 Å². The van der Waals surface area contributed by atoms with Crippen molar-refractivity contribution in [3.8, 4) is 28.4 Å². The largest absolute Gasteiger partial charge is 0.507 e. The summed E-state index contributed by atoms with van der Waals surface area (Å²) in [6.45, 7) is 0. The molecule has 0 atom stereocenters. The Hall–Kier alpha value is -3.25. The second-order valence-corrected chi connectivity index (χ2v) is 4.55. The highest BCUT2D eigenvalue weighted by atomic mass is 19.4. The minimum atomic E-state index is -5.51. The van der Waals surface area contributed by atoms with Crippen molar-refractivity contribution in [1.29, 1.82) is 0 Å². The second-order valence-electron chi connectivity index (χ2n) is 4.55. The van der Waals surface area contributed by atoms with E-state index in [9.17, 15) is 41.0 Å². The van der Waals surface area contributed by atoms with E-state index in [4.69, 9.17) is 0 Å². The molecule has 0 fully saturated rings. The van der Waals surface area contributed by atoms with Crippen molar-refractivity contribution in [2.75, 3.05) is 0 Å². The maximum Gasteiger partial charge on any atom is 0.491 e. The number of aromatic hydroxyl groups is 1. The number of rotatable bonds is 3. The molecule has 0 aliphatic heterocycles. The summed E-state index contributed by atoms with van der Waals surface area (Å²) in [7, 11) is 0. The zero-order valence-electron chi connectivity index (χ0n) is 12.1. The van der Waals surface area contributed by atoms with Crippen LogP contribution in [0.3, 0.4) is 0 Å². The number of hydrogen-bond acceptors (Lipinski definition) is 6. The average Bonchev–Trinajstić information content (AvgIpc) is 3.01. The average molecular weight is 384 g/mol. The fourth-order valence-electron chi connectivity index (χ4n) is 1.71. The number of phenolic OH excluding ortho intramolecular Hbond substituents is 1. The molecule has 0 radical (unpaired) electrons. The molecule has 7 nitrogen and oxygen atoms in total. The molecule has 1 heterocycles. The molecule has 2 aromatic rings. The van der Waals surface area contributed by atoms with Crippen LogP contribution in [0.1, 0.15) is 0 Å². The molecule has 0 amide bonds. The molecule has 0 saturated carbocycles. The molecule has 26 heavy (non-hydrogen) atoms. The molecule has 0 bridgehead atoms. The third-order valence-electron chi connectivity index (χ3n) is 2.75. The molecule has 13 heteroatoms. The standard InChI is InChI=1S/C13H6F6N2O5/c14-12(15,16)10(23)25-7-2-1-6(22)8(5-3-20-21-4-5)9(7)26-11(24)13(17,18)19/h1-4,22H,(H,20,21). The van der Waals surface area contributed by atoms with Gasteiger partial charge in [0.25, 0.3) is 0 Å². The van der Waals surface area contributed by atoms with Crippen LogP contribution >= 0.6 is 0 Å². The summed E-state index contributed by atoms with van der Waals surface area (Å²) in [5.74, 6) is -8.77. The lowest BCUT2D eigenvalue weighted by atomic mass is 10.1. The normalized spacial score (nSPS) is 11.9. The summed E-state index contributed by atoms with van der Waals surface area (Å²) >= 11 is 0. The summed E-state index contributed by atoms with van der Waals surface area (Å²) in [5, 5.41) is 15.5. The fourth-order valence-corrected chi connectivity index (χ4v) is 1.71. The van der Waals surface area contributed by atoms with Crippen molar-refractivity contribution in [3.63, 3.8) is 0 Å². The van der Waals surface area contributed by atoms with E-state index in [0.29, 0.717) is 6.07 Å². The van der Waals surface area contributed by atoms with Gasteiger partial charge in [-0.25, -0.2) is 9.59 Å². The van der Waals surface area contributed by atoms with E-state index in [1.54, 1.807) is 0 Å². The molecule has 2 rings (SSSR count). The number of halogens is 6. The zero-order valence-corrected chi connectivity index (χ0v) is 12.1. The van der Waals surface area contributed by atoms with Crippen LogP contribution in [0.5, 0.6) is 17.2 Å². The zero-order chi connectivity index (χ0) is 19.7. The van der Waals surface area contributed by atoms with E-state index >= 15 is 0 Å². The highest BCUT2D eigenvalue weighted by molar-refractivity contribution is 5.87. The Balaban J connectivity index is 2.59. The Labute approximate surface area is 139 Å². The fraction of sp³-hybridized carbons (Fsp3) is 0.154. The molecule has 140 valence electrons. The van der Waals surface area contributed by atoms with Gasteiger partial charge in [0, 0.05) is 11.8 Å². The Morgan fingerprint density at radius 1 is 1.00 bits per heavy atom. The lowest BCUT2D eigenvalue weighted by Gasteiger charge is -2.16. The van der Waals surface area contributed by atoms with Crippen LogP contribution in [0.25, 0.3) is 11.1 Å². The Bertz CT molecular complexity index is 829. The Morgan fingerprint density at radius 3 is 2.08 bits per heavy atom. The first kappa shape index (κ1) is 19.1. The summed E-state index contributed by atoms with van der Waals surface area (Å²) < 4.78 is 82.4. The second kappa shape index (κ2) is 6.57. The number of H-pyrrole nitrogens is 1. The van der Waals surface area contributed by atoms with Gasteiger partial charge >= 0.3 is 24.3 Å². The number of ether oxygens (including phenoxy) is 2. The minimum absolute atomic E-state index is 0.155. The summed E-state index contributed by atoms with van der Waals surface area (Å²) in [5.41, 5.74) is -0.804. The van der Waals surface area contributed by atoms with Gasteiger partial charge < -0.3 is 14.6 Å². The highest BCUT2D eigenvalue weighted by Gasteiger charge is 2.44. The topological polar surface area (TPSA) is 102 Å². The molecular weight excluding hydrogens is 378 g/mol. The number of phenols is 1. The highest BCUT2D eigenvalue weighted by Crippen LogP contribution is 2.45. The van der Waals surface area contributed by atoms with Crippen LogP contribution in [-0.4, -0.2) is 39.6 Å². The van der Waals surface area contributed by atoms with Gasteiger partial charge in [0.05, 0.1) is 11.8 Å². The lowest BCUT2D eigenvalue weighted by molar-refractivity contribution is -0.191. The van der Waals surface area contributed by atoms with Gasteiger partial charge in [0.15, 0.2) is 11.5 Å². The first-order chi connectivity index (χ1) is 11.9. The predicted octanol–water partition coefficient (Wildman–Crippen LogP) is 2.72. The number of alkyl halides is 6. The van der Waals surface area contributed by atoms with Gasteiger partial charge in [0.1, 0.15) is 5.75 Å². The van der Waals surface area contributed by atoms with Crippen LogP contribution in [0.2, 0.25) is 0 Å². The van der Waals surface area contributed by atoms with Gasteiger partial charge in [-0.05, 0) is 12.1 Å². The summed E-state index contributed by atoms with van der Waals surface area (Å²) in [4.78, 5) is 22.0. The van der Waals surface area contributed by atoms with Gasteiger partial charge in [0.2, 0.25) is 0 Å². The number of benzene rings is 1. The van der Waals surface area contributed by atoms with Gasteiger partial charge in [-0.15, -0.1) is 0 Å². The molecule has 0 aliphatic rings. The first-order valence-electron chi connectivity index (χ1n) is 6.34. The maximum atomic E-state index is 12.4. The van der Waals surface area contributed by atoms with Crippen LogP contribution < -0.4 is 9.47 Å². The maximum absolute atomic E-state index is 12.4. The van der Waals surface area contributed by atoms with Crippen LogP contribution in [0.4, 0.5) is 26.3 Å². The number of carbonyl (C=O) groups is 2. The lowest BCUT2D eigenvalue weighted by Crippen LogP contribution is -2.30. The van der Waals surface area contributed by atoms with E-state index in [0.717, 1.165) is 18.5 Å². The van der Waals surface area contributed by atoms with Gasteiger partial charge in [-0.1, -0.05) is 0 Å². The Kier molecular flexibility index (Phi) is 4.82. The SMILES string of the molecule is O=C(Oc1ccc(O)c(-c2cn[nH]c2)c1OC(=O)C(F)(F)F)C(F)(F)F. The third-order valence-corrected chi connectivity index (χ3v) is 2.75. The molecule has 0 saturated heterocycles. The Morgan fingerprint density at radius 2 is 1.58 bits per heavy atom. The van der Waals surface area contributed by atoms with Crippen molar-refractivity contribution in [3.05, 3.63) is 24.5 Å². The number of aromatic amines is 1. The van der Waals surface area contributed by atoms with Crippen LogP contribution in [-0.2, 0) is 9.59 Å². The first-order valence-corrected chi connectivity index (χ1v) is 6.34. The van der Waals surface area contributed by atoms with Gasteiger partial charge in [-0.2, -0.15) is 31.4 Å². The predicted molar refractivity (Wildman–Crippen MR) is 69.1 cm³/mol. The molecule has 0 aliphatic carbocycles. The third kappa shape index (κ3) is 4.04. The molecular formula is C13H6F6N2O5. The number of carbonyl (C=O) groups excluding carboxylic acids is 2. The number of nitrogens with one attached hydrogen (secondary N) is 1. The van der Waals surface area contributed by atoms with Crippen LogP contribution in [0, 0.1) is 0 Å².